The Morgan fingerprint density at radius 2 is 2.00 bits per heavy atom. The first-order chi connectivity index (χ1) is 9.74. The average molecular weight is 287 g/mol. The molecule has 1 aromatic carbocycles. The maximum absolute atomic E-state index is 11.9. The fraction of sp³-hybridized carbons (Fsp3) is 0.353. The number of aryl methyl sites for hydroxylation is 1. The lowest BCUT2D eigenvalue weighted by Gasteiger charge is -2.12. The fourth-order valence-corrected chi connectivity index (χ4v) is 3.06. The van der Waals surface area contributed by atoms with Gasteiger partial charge in [-0.2, -0.15) is 0 Å². The number of nitrogens with one attached hydrogen (secondary N) is 1. The van der Waals surface area contributed by atoms with Gasteiger partial charge in [-0.15, -0.1) is 11.3 Å². The Kier molecular flexibility index (Phi) is 5.81. The molecule has 0 bridgehead atoms. The monoisotopic (exact) mass is 287 g/mol. The maximum atomic E-state index is 11.9. The third-order valence-electron chi connectivity index (χ3n) is 3.21. The van der Waals surface area contributed by atoms with Crippen molar-refractivity contribution in [2.24, 2.45) is 0 Å². The number of carbonyl (C=O) groups excluding carboxylic acids is 1. The van der Waals surface area contributed by atoms with E-state index in [0.29, 0.717) is 6.42 Å². The summed E-state index contributed by atoms with van der Waals surface area (Å²) in [6.45, 7) is 2.06. The molecule has 0 radical (unpaired) electrons. The molecule has 1 aromatic heterocycles. The molecule has 1 heterocycles. The summed E-state index contributed by atoms with van der Waals surface area (Å²) in [5.41, 5.74) is 1.30. The second-order valence-corrected chi connectivity index (χ2v) is 6.12. The van der Waals surface area contributed by atoms with Gasteiger partial charge in [0.1, 0.15) is 0 Å². The zero-order valence-electron chi connectivity index (χ0n) is 11.8. The van der Waals surface area contributed by atoms with Crippen LogP contribution in [-0.2, 0) is 17.6 Å². The van der Waals surface area contributed by atoms with Gasteiger partial charge in [-0.25, -0.2) is 0 Å². The van der Waals surface area contributed by atoms with Crippen LogP contribution >= 0.6 is 11.3 Å². The largest absolute Gasteiger partial charge is 0.353 e. The number of hydrogen-bond donors (Lipinski definition) is 1. The number of hydrogen-bond acceptors (Lipinski definition) is 2. The van der Waals surface area contributed by atoms with Crippen molar-refractivity contribution < 1.29 is 4.79 Å². The SMILES string of the molecule is CC(Cc1cccs1)NC(=O)CCCc1ccccc1. The first-order valence-corrected chi connectivity index (χ1v) is 7.97. The minimum absolute atomic E-state index is 0.157. The summed E-state index contributed by atoms with van der Waals surface area (Å²) >= 11 is 1.74. The smallest absolute Gasteiger partial charge is 0.220 e. The van der Waals surface area contributed by atoms with Crippen molar-refractivity contribution in [2.45, 2.75) is 38.6 Å². The van der Waals surface area contributed by atoms with Crippen LogP contribution in [0.2, 0.25) is 0 Å². The predicted molar refractivity (Wildman–Crippen MR) is 85.0 cm³/mol. The van der Waals surface area contributed by atoms with Crippen molar-refractivity contribution >= 4 is 17.2 Å². The van der Waals surface area contributed by atoms with Crippen LogP contribution in [0.15, 0.2) is 47.8 Å². The lowest BCUT2D eigenvalue weighted by molar-refractivity contribution is -0.121. The van der Waals surface area contributed by atoms with Gasteiger partial charge in [-0.1, -0.05) is 36.4 Å². The van der Waals surface area contributed by atoms with Crippen LogP contribution in [0.5, 0.6) is 0 Å². The van der Waals surface area contributed by atoms with E-state index in [2.05, 4.69) is 41.9 Å². The molecule has 3 heteroatoms. The highest BCUT2D eigenvalue weighted by Crippen LogP contribution is 2.11. The topological polar surface area (TPSA) is 29.1 Å². The van der Waals surface area contributed by atoms with E-state index < -0.39 is 0 Å². The van der Waals surface area contributed by atoms with Crippen LogP contribution in [0.25, 0.3) is 0 Å². The molecule has 0 fully saturated rings. The molecule has 0 aliphatic rings. The van der Waals surface area contributed by atoms with Crippen molar-refractivity contribution in [1.82, 2.24) is 5.32 Å². The number of amides is 1. The molecule has 20 heavy (non-hydrogen) atoms. The summed E-state index contributed by atoms with van der Waals surface area (Å²) < 4.78 is 0. The van der Waals surface area contributed by atoms with Crippen LogP contribution in [-0.4, -0.2) is 11.9 Å². The molecule has 1 atom stereocenters. The minimum Gasteiger partial charge on any atom is -0.353 e. The number of thiophene rings is 1. The van der Waals surface area contributed by atoms with Gasteiger partial charge in [0.05, 0.1) is 0 Å². The van der Waals surface area contributed by atoms with Crippen LogP contribution < -0.4 is 5.32 Å². The highest BCUT2D eigenvalue weighted by molar-refractivity contribution is 7.09. The number of benzene rings is 1. The van der Waals surface area contributed by atoms with E-state index in [1.165, 1.54) is 10.4 Å². The standard InChI is InChI=1S/C17H21NOS/c1-14(13-16-10-6-12-20-16)18-17(19)11-5-9-15-7-3-2-4-8-15/h2-4,6-8,10,12,14H,5,9,11,13H2,1H3,(H,18,19). The molecule has 1 unspecified atom stereocenters. The van der Waals surface area contributed by atoms with Crippen LogP contribution in [0.3, 0.4) is 0 Å². The van der Waals surface area contributed by atoms with E-state index in [0.717, 1.165) is 19.3 Å². The molecule has 2 nitrogen and oxygen atoms in total. The van der Waals surface area contributed by atoms with Gasteiger partial charge >= 0.3 is 0 Å². The Bertz CT molecular complexity index is 507. The Balaban J connectivity index is 1.65. The summed E-state index contributed by atoms with van der Waals surface area (Å²) in [6.07, 6.45) is 3.39. The van der Waals surface area contributed by atoms with Crippen LogP contribution in [0, 0.1) is 0 Å². The van der Waals surface area contributed by atoms with E-state index in [-0.39, 0.29) is 11.9 Å². The van der Waals surface area contributed by atoms with Crippen molar-refractivity contribution in [3.8, 4) is 0 Å². The van der Waals surface area contributed by atoms with E-state index in [9.17, 15) is 4.79 Å². The summed E-state index contributed by atoms with van der Waals surface area (Å²) in [4.78, 5) is 13.2. The molecule has 0 aliphatic carbocycles. The van der Waals surface area contributed by atoms with Gasteiger partial charge < -0.3 is 5.32 Å². The quantitative estimate of drug-likeness (QED) is 0.824. The van der Waals surface area contributed by atoms with Gasteiger partial charge in [-0.05, 0) is 36.8 Å². The highest BCUT2D eigenvalue weighted by Gasteiger charge is 2.08. The molecule has 0 saturated carbocycles. The first-order valence-electron chi connectivity index (χ1n) is 7.09. The summed E-state index contributed by atoms with van der Waals surface area (Å²) in [5.74, 6) is 0.157. The van der Waals surface area contributed by atoms with Crippen molar-refractivity contribution in [2.75, 3.05) is 0 Å². The van der Waals surface area contributed by atoms with Crippen molar-refractivity contribution in [3.63, 3.8) is 0 Å². The third kappa shape index (κ3) is 5.17. The Morgan fingerprint density at radius 1 is 1.20 bits per heavy atom. The maximum Gasteiger partial charge on any atom is 0.220 e. The molecule has 106 valence electrons. The van der Waals surface area contributed by atoms with Gasteiger partial charge in [0.15, 0.2) is 0 Å². The predicted octanol–water partition coefficient (Wildman–Crippen LogP) is 3.82. The summed E-state index contributed by atoms with van der Waals surface area (Å²) in [5, 5.41) is 5.15. The number of rotatable bonds is 7. The second-order valence-electron chi connectivity index (χ2n) is 5.09. The van der Waals surface area contributed by atoms with Crippen molar-refractivity contribution in [1.29, 1.82) is 0 Å². The van der Waals surface area contributed by atoms with E-state index >= 15 is 0 Å². The Labute approximate surface area is 124 Å². The summed E-state index contributed by atoms with van der Waals surface area (Å²) in [7, 11) is 0. The van der Waals surface area contributed by atoms with Crippen molar-refractivity contribution in [3.05, 3.63) is 58.3 Å². The van der Waals surface area contributed by atoms with Gasteiger partial charge in [0.25, 0.3) is 0 Å². The molecule has 0 saturated heterocycles. The molecule has 0 spiro atoms. The van der Waals surface area contributed by atoms with Gasteiger partial charge in [-0.3, -0.25) is 4.79 Å². The molecule has 1 amide bonds. The normalized spacial score (nSPS) is 12.1. The first kappa shape index (κ1) is 14.8. The number of carbonyl (C=O) groups is 1. The fourth-order valence-electron chi connectivity index (χ4n) is 2.23. The molecule has 0 aliphatic heterocycles. The summed E-state index contributed by atoms with van der Waals surface area (Å²) in [6, 6.07) is 14.7. The lowest BCUT2D eigenvalue weighted by atomic mass is 10.1. The van der Waals surface area contributed by atoms with E-state index in [4.69, 9.17) is 0 Å². The molecule has 2 rings (SSSR count). The third-order valence-corrected chi connectivity index (χ3v) is 4.11. The lowest BCUT2D eigenvalue weighted by Crippen LogP contribution is -2.33. The Morgan fingerprint density at radius 3 is 2.70 bits per heavy atom. The Hall–Kier alpha value is -1.61. The average Bonchev–Trinajstić information content (AvgIpc) is 2.92. The van der Waals surface area contributed by atoms with E-state index in [1.807, 2.05) is 18.2 Å². The van der Waals surface area contributed by atoms with Crippen LogP contribution in [0.4, 0.5) is 0 Å². The highest BCUT2D eigenvalue weighted by atomic mass is 32.1. The van der Waals surface area contributed by atoms with Gasteiger partial charge in [0, 0.05) is 23.8 Å². The second kappa shape index (κ2) is 7.85. The van der Waals surface area contributed by atoms with E-state index in [1.54, 1.807) is 11.3 Å². The zero-order chi connectivity index (χ0) is 14.2. The molecule has 2 aromatic rings. The zero-order valence-corrected chi connectivity index (χ0v) is 12.7. The molecular weight excluding hydrogens is 266 g/mol. The molecule has 1 N–H and O–H groups in total. The van der Waals surface area contributed by atoms with Gasteiger partial charge in [0.2, 0.25) is 5.91 Å². The molecular formula is C17H21NOS. The minimum atomic E-state index is 0.157. The van der Waals surface area contributed by atoms with Crippen LogP contribution in [0.1, 0.15) is 30.2 Å².